The highest BCUT2D eigenvalue weighted by atomic mass is 32.2. The molecule has 0 aliphatic carbocycles. The molecule has 4 heteroatoms. The van der Waals surface area contributed by atoms with E-state index in [1.807, 2.05) is 26.8 Å². The van der Waals surface area contributed by atoms with Crippen molar-refractivity contribution in [3.63, 3.8) is 0 Å². The molecule has 0 bridgehead atoms. The van der Waals surface area contributed by atoms with E-state index in [0.717, 1.165) is 22.6 Å². The molecule has 0 saturated heterocycles. The fourth-order valence-electron chi connectivity index (χ4n) is 1.76. The summed E-state index contributed by atoms with van der Waals surface area (Å²) in [5.41, 5.74) is 3.83. The van der Waals surface area contributed by atoms with Gasteiger partial charge in [0.2, 0.25) is 0 Å². The van der Waals surface area contributed by atoms with Crippen molar-refractivity contribution in [3.8, 4) is 0 Å². The van der Waals surface area contributed by atoms with Crippen molar-refractivity contribution in [3.05, 3.63) is 29.6 Å². The molecule has 0 aromatic heterocycles. The van der Waals surface area contributed by atoms with Crippen molar-refractivity contribution in [1.82, 2.24) is 5.48 Å². The topological polar surface area (TPSA) is 21.3 Å². The van der Waals surface area contributed by atoms with Gasteiger partial charge in [0.15, 0.2) is 0 Å². The van der Waals surface area contributed by atoms with Crippen LogP contribution in [0.3, 0.4) is 0 Å². The van der Waals surface area contributed by atoms with Crippen LogP contribution in [0.25, 0.3) is 0 Å². The van der Waals surface area contributed by atoms with E-state index in [1.165, 1.54) is 6.07 Å². The Hall–Kier alpha value is -0.580. The molecular formula is C13H18FNOS. The molecule has 1 aliphatic rings. The fraction of sp³-hybridized carbons (Fsp3) is 0.538. The van der Waals surface area contributed by atoms with Crippen LogP contribution in [0.1, 0.15) is 38.8 Å². The molecule has 2 nitrogen and oxygen atoms in total. The van der Waals surface area contributed by atoms with E-state index in [2.05, 4.69) is 5.48 Å². The van der Waals surface area contributed by atoms with Gasteiger partial charge in [0.05, 0.1) is 11.6 Å². The van der Waals surface area contributed by atoms with Crippen LogP contribution >= 0.6 is 11.8 Å². The maximum absolute atomic E-state index is 13.6. The van der Waals surface area contributed by atoms with Crippen molar-refractivity contribution in [1.29, 1.82) is 0 Å². The summed E-state index contributed by atoms with van der Waals surface area (Å²) in [6.45, 7) is 5.97. The number of halogens is 1. The van der Waals surface area contributed by atoms with Crippen molar-refractivity contribution in [2.45, 2.75) is 43.7 Å². The molecule has 0 saturated carbocycles. The Morgan fingerprint density at radius 2 is 2.18 bits per heavy atom. The van der Waals surface area contributed by atoms with E-state index in [0.29, 0.717) is 0 Å². The number of nitrogens with one attached hydrogen (secondary N) is 1. The average molecular weight is 255 g/mol. The van der Waals surface area contributed by atoms with Gasteiger partial charge in [-0.25, -0.2) is 4.39 Å². The summed E-state index contributed by atoms with van der Waals surface area (Å²) in [5.74, 6) is 0.786. The first kappa shape index (κ1) is 12.9. The minimum atomic E-state index is -0.238. The molecule has 0 fully saturated rings. The van der Waals surface area contributed by atoms with Gasteiger partial charge >= 0.3 is 0 Å². The van der Waals surface area contributed by atoms with Crippen molar-refractivity contribution < 1.29 is 9.23 Å². The Labute approximate surface area is 106 Å². The summed E-state index contributed by atoms with van der Waals surface area (Å²) in [5, 5.41) is 0. The first-order chi connectivity index (χ1) is 7.97. The normalized spacial score (nSPS) is 20.1. The minimum Gasteiger partial charge on any atom is -0.296 e. The highest BCUT2D eigenvalue weighted by molar-refractivity contribution is 7.99. The summed E-state index contributed by atoms with van der Waals surface area (Å²) in [7, 11) is 0. The molecule has 0 spiro atoms. The van der Waals surface area contributed by atoms with Gasteiger partial charge in [-0.05, 0) is 38.8 Å². The fourth-order valence-corrected chi connectivity index (χ4v) is 2.90. The van der Waals surface area contributed by atoms with Gasteiger partial charge in [-0.1, -0.05) is 12.1 Å². The molecule has 1 aliphatic heterocycles. The summed E-state index contributed by atoms with van der Waals surface area (Å²) >= 11 is 1.58. The van der Waals surface area contributed by atoms with Crippen molar-refractivity contribution >= 4 is 11.8 Å². The van der Waals surface area contributed by atoms with E-state index in [-0.39, 0.29) is 17.5 Å². The highest BCUT2D eigenvalue weighted by Gasteiger charge is 2.24. The van der Waals surface area contributed by atoms with Crippen LogP contribution in [0.15, 0.2) is 23.1 Å². The third kappa shape index (κ3) is 3.21. The second kappa shape index (κ2) is 4.96. The van der Waals surface area contributed by atoms with Gasteiger partial charge in [0.25, 0.3) is 0 Å². The molecule has 1 N–H and O–H groups in total. The quantitative estimate of drug-likeness (QED) is 0.814. The number of thioether (sulfide) groups is 1. The van der Waals surface area contributed by atoms with Gasteiger partial charge < -0.3 is 0 Å². The monoisotopic (exact) mass is 255 g/mol. The molecule has 1 atom stereocenters. The molecule has 1 aromatic rings. The van der Waals surface area contributed by atoms with Gasteiger partial charge in [-0.2, -0.15) is 5.48 Å². The van der Waals surface area contributed by atoms with Gasteiger partial charge in [0, 0.05) is 10.6 Å². The first-order valence-corrected chi connectivity index (χ1v) is 6.81. The van der Waals surface area contributed by atoms with Crippen molar-refractivity contribution in [2.75, 3.05) is 5.75 Å². The van der Waals surface area contributed by atoms with Crippen molar-refractivity contribution in [2.24, 2.45) is 0 Å². The first-order valence-electron chi connectivity index (χ1n) is 5.82. The third-order valence-electron chi connectivity index (χ3n) is 2.53. The second-order valence-corrected chi connectivity index (χ2v) is 6.29. The number of hydrogen-bond acceptors (Lipinski definition) is 3. The molecule has 0 radical (unpaired) electrons. The maximum Gasteiger partial charge on any atom is 0.137 e. The van der Waals surface area contributed by atoms with Gasteiger partial charge in [-0.3, -0.25) is 4.84 Å². The SMILES string of the molecule is CC(C)(C)ONC1CCSc2c(F)cccc21. The van der Waals surface area contributed by atoms with Crippen LogP contribution in [0.5, 0.6) is 0 Å². The second-order valence-electron chi connectivity index (χ2n) is 5.18. The van der Waals surface area contributed by atoms with Gasteiger partial charge in [0.1, 0.15) is 5.82 Å². The highest BCUT2D eigenvalue weighted by Crippen LogP contribution is 2.37. The molecule has 2 rings (SSSR count). The maximum atomic E-state index is 13.6. The van der Waals surface area contributed by atoms with Crippen LogP contribution in [0.2, 0.25) is 0 Å². The number of fused-ring (bicyclic) bond motifs is 1. The Kier molecular flexibility index (Phi) is 3.76. The lowest BCUT2D eigenvalue weighted by atomic mass is 10.0. The van der Waals surface area contributed by atoms with E-state index in [4.69, 9.17) is 4.84 Å². The molecule has 1 aromatic carbocycles. The largest absolute Gasteiger partial charge is 0.296 e. The standard InChI is InChI=1S/C13H18FNOS/c1-13(2,3)16-15-11-7-8-17-12-9(11)5-4-6-10(12)14/h4-6,11,15H,7-8H2,1-3H3. The summed E-state index contributed by atoms with van der Waals surface area (Å²) in [6, 6.07) is 5.32. The van der Waals surface area contributed by atoms with Crippen LogP contribution in [-0.2, 0) is 4.84 Å². The Morgan fingerprint density at radius 3 is 2.88 bits per heavy atom. The van der Waals surface area contributed by atoms with Gasteiger partial charge in [-0.15, -0.1) is 11.8 Å². The van der Waals surface area contributed by atoms with Crippen LogP contribution < -0.4 is 5.48 Å². The molecule has 1 heterocycles. The lowest BCUT2D eigenvalue weighted by Gasteiger charge is -2.29. The average Bonchev–Trinajstić information content (AvgIpc) is 2.26. The predicted octanol–water partition coefficient (Wildman–Crippen LogP) is 3.68. The van der Waals surface area contributed by atoms with E-state index in [1.54, 1.807) is 17.8 Å². The molecule has 1 unspecified atom stereocenters. The molecule has 0 amide bonds. The summed E-state index contributed by atoms with van der Waals surface area (Å²) in [4.78, 5) is 6.34. The lowest BCUT2D eigenvalue weighted by molar-refractivity contribution is -0.0900. The third-order valence-corrected chi connectivity index (χ3v) is 3.69. The minimum absolute atomic E-state index is 0.0844. The van der Waals surface area contributed by atoms with Crippen LogP contribution in [0, 0.1) is 5.82 Å². The molecule has 94 valence electrons. The number of hydrogen-bond donors (Lipinski definition) is 1. The van der Waals surface area contributed by atoms with Crippen LogP contribution in [-0.4, -0.2) is 11.4 Å². The zero-order chi connectivity index (χ0) is 12.5. The zero-order valence-electron chi connectivity index (χ0n) is 10.4. The smallest absolute Gasteiger partial charge is 0.137 e. The zero-order valence-corrected chi connectivity index (χ0v) is 11.2. The lowest BCUT2D eigenvalue weighted by Crippen LogP contribution is -2.33. The van der Waals surface area contributed by atoms with E-state index >= 15 is 0 Å². The van der Waals surface area contributed by atoms with Crippen LogP contribution in [0.4, 0.5) is 4.39 Å². The summed E-state index contributed by atoms with van der Waals surface area (Å²) < 4.78 is 13.6. The Balaban J connectivity index is 2.15. The van der Waals surface area contributed by atoms with E-state index < -0.39 is 0 Å². The molecule has 17 heavy (non-hydrogen) atoms. The predicted molar refractivity (Wildman–Crippen MR) is 68.5 cm³/mol. The summed E-state index contributed by atoms with van der Waals surface area (Å²) in [6.07, 6.45) is 0.956. The molecular weight excluding hydrogens is 237 g/mol. The number of hydroxylamine groups is 1. The number of rotatable bonds is 2. The van der Waals surface area contributed by atoms with E-state index in [9.17, 15) is 4.39 Å². The Morgan fingerprint density at radius 1 is 1.41 bits per heavy atom. The number of benzene rings is 1. The Bertz CT molecular complexity index is 403.